The molecule has 0 saturated carbocycles. The van der Waals surface area contributed by atoms with Crippen molar-refractivity contribution in [2.24, 2.45) is 5.92 Å². The molecule has 2 amide bonds. The number of rotatable bonds is 2. The summed E-state index contributed by atoms with van der Waals surface area (Å²) in [5.74, 6) is 1.24. The van der Waals surface area contributed by atoms with Crippen molar-refractivity contribution in [1.29, 1.82) is 0 Å². The van der Waals surface area contributed by atoms with E-state index in [2.05, 4.69) is 14.6 Å². The number of urea groups is 1. The number of hydrogen-bond donors (Lipinski definition) is 0. The summed E-state index contributed by atoms with van der Waals surface area (Å²) in [6.45, 7) is 5.45. The molecule has 2 aliphatic rings. The highest BCUT2D eigenvalue weighted by Gasteiger charge is 2.29. The normalized spacial score (nSPS) is 21.4. The number of imidazole rings is 1. The van der Waals surface area contributed by atoms with E-state index in [0.717, 1.165) is 18.9 Å². The smallest absolute Gasteiger partial charge is 0.320 e. The molecular weight excluding hydrogens is 308 g/mol. The number of carbonyl (C=O) groups is 1. The second-order valence-corrected chi connectivity index (χ2v) is 6.35. The first-order valence-electron chi connectivity index (χ1n) is 8.38. The molecule has 2 aromatic rings. The number of nitrogens with zero attached hydrogens (tertiary/aromatic N) is 6. The summed E-state index contributed by atoms with van der Waals surface area (Å²) in [6, 6.07) is 2.01. The molecule has 4 rings (SSSR count). The molecule has 1 saturated heterocycles. The first-order valence-corrected chi connectivity index (χ1v) is 8.38. The maximum absolute atomic E-state index is 12.9. The van der Waals surface area contributed by atoms with Gasteiger partial charge >= 0.3 is 6.03 Å². The number of carbonyl (C=O) groups excluding carboxylic acids is 1. The minimum atomic E-state index is 0.0835. The summed E-state index contributed by atoms with van der Waals surface area (Å²) in [5, 5.41) is 4.31. The van der Waals surface area contributed by atoms with Crippen LogP contribution in [0.1, 0.15) is 5.82 Å². The largest absolute Gasteiger partial charge is 0.378 e. The molecule has 0 spiro atoms. The Morgan fingerprint density at radius 1 is 1.17 bits per heavy atom. The Balaban J connectivity index is 1.53. The lowest BCUT2D eigenvalue weighted by Crippen LogP contribution is -2.49. The van der Waals surface area contributed by atoms with Crippen molar-refractivity contribution in [3.05, 3.63) is 36.7 Å². The monoisotopic (exact) mass is 330 g/mol. The first-order chi connectivity index (χ1) is 11.8. The van der Waals surface area contributed by atoms with Crippen LogP contribution in [0.25, 0.3) is 0 Å². The van der Waals surface area contributed by atoms with Gasteiger partial charge in [-0.3, -0.25) is 4.68 Å². The van der Waals surface area contributed by atoms with Crippen molar-refractivity contribution in [3.8, 4) is 0 Å². The van der Waals surface area contributed by atoms with Crippen LogP contribution in [0.4, 0.5) is 4.79 Å². The van der Waals surface area contributed by atoms with Gasteiger partial charge in [0.25, 0.3) is 0 Å². The van der Waals surface area contributed by atoms with Crippen molar-refractivity contribution in [2.75, 3.05) is 32.8 Å². The van der Waals surface area contributed by atoms with Gasteiger partial charge in [0, 0.05) is 63.4 Å². The summed E-state index contributed by atoms with van der Waals surface area (Å²) < 4.78 is 9.44. The van der Waals surface area contributed by atoms with Crippen LogP contribution >= 0.6 is 0 Å². The van der Waals surface area contributed by atoms with Crippen molar-refractivity contribution < 1.29 is 9.53 Å². The quantitative estimate of drug-likeness (QED) is 0.811. The average Bonchev–Trinajstić information content (AvgIpc) is 3.24. The zero-order valence-electron chi connectivity index (χ0n) is 13.6. The molecule has 128 valence electrons. The maximum atomic E-state index is 12.9. The number of hydrogen-bond acceptors (Lipinski definition) is 4. The van der Waals surface area contributed by atoms with Gasteiger partial charge in [0.05, 0.1) is 19.8 Å². The molecule has 2 aromatic heterocycles. The molecule has 0 N–H and O–H groups in total. The van der Waals surface area contributed by atoms with Gasteiger partial charge in [-0.15, -0.1) is 0 Å². The third-order valence-electron chi connectivity index (χ3n) is 4.62. The van der Waals surface area contributed by atoms with E-state index >= 15 is 0 Å². The number of amides is 2. The van der Waals surface area contributed by atoms with E-state index in [9.17, 15) is 4.79 Å². The van der Waals surface area contributed by atoms with Gasteiger partial charge in [-0.25, -0.2) is 9.78 Å². The Bertz CT molecular complexity index is 677. The Labute approximate surface area is 140 Å². The van der Waals surface area contributed by atoms with Gasteiger partial charge in [0.1, 0.15) is 5.82 Å². The van der Waals surface area contributed by atoms with Crippen LogP contribution in [0.3, 0.4) is 0 Å². The van der Waals surface area contributed by atoms with Crippen LogP contribution < -0.4 is 0 Å². The predicted molar refractivity (Wildman–Crippen MR) is 86.1 cm³/mol. The molecule has 0 unspecified atom stereocenters. The van der Waals surface area contributed by atoms with Crippen LogP contribution in [0.15, 0.2) is 30.9 Å². The van der Waals surface area contributed by atoms with E-state index in [1.54, 1.807) is 6.20 Å². The van der Waals surface area contributed by atoms with Crippen molar-refractivity contribution in [1.82, 2.24) is 29.1 Å². The van der Waals surface area contributed by atoms with Crippen molar-refractivity contribution >= 4 is 6.03 Å². The zero-order chi connectivity index (χ0) is 16.4. The van der Waals surface area contributed by atoms with Crippen LogP contribution in [-0.4, -0.2) is 68.0 Å². The van der Waals surface area contributed by atoms with E-state index in [1.165, 1.54) is 0 Å². The highest BCUT2D eigenvalue weighted by Crippen LogP contribution is 2.18. The molecule has 0 radical (unpaired) electrons. The Morgan fingerprint density at radius 3 is 2.83 bits per heavy atom. The lowest BCUT2D eigenvalue weighted by Gasteiger charge is -2.33. The molecular formula is C16H22N6O2. The summed E-state index contributed by atoms with van der Waals surface area (Å²) in [7, 11) is 0. The van der Waals surface area contributed by atoms with E-state index in [0.29, 0.717) is 45.3 Å². The summed E-state index contributed by atoms with van der Waals surface area (Å²) >= 11 is 0. The molecule has 2 aliphatic heterocycles. The Kier molecular flexibility index (Phi) is 4.20. The second-order valence-electron chi connectivity index (χ2n) is 6.35. The molecule has 4 heterocycles. The highest BCUT2D eigenvalue weighted by molar-refractivity contribution is 5.74. The molecule has 0 aromatic carbocycles. The molecule has 0 bridgehead atoms. The fourth-order valence-corrected chi connectivity index (χ4v) is 3.43. The van der Waals surface area contributed by atoms with E-state index in [4.69, 9.17) is 4.74 Å². The fraction of sp³-hybridized carbons (Fsp3) is 0.562. The number of morpholine rings is 1. The van der Waals surface area contributed by atoms with Crippen LogP contribution in [0.5, 0.6) is 0 Å². The van der Waals surface area contributed by atoms with Crippen LogP contribution in [0.2, 0.25) is 0 Å². The number of ether oxygens (including phenoxy) is 1. The van der Waals surface area contributed by atoms with Crippen LogP contribution in [0, 0.1) is 5.92 Å². The van der Waals surface area contributed by atoms with Gasteiger partial charge in [-0.1, -0.05) is 0 Å². The minimum absolute atomic E-state index is 0.0835. The standard InChI is InChI=1S/C16H22N6O2/c23-16(19-6-8-24-9-7-19)21-11-14(12-22-4-1-2-18-22)10-20-5-3-17-15(20)13-21/h1-5,14H,6-13H2/t14-/m0/s1. The second kappa shape index (κ2) is 6.64. The summed E-state index contributed by atoms with van der Waals surface area (Å²) in [5.41, 5.74) is 0. The minimum Gasteiger partial charge on any atom is -0.378 e. The van der Waals surface area contributed by atoms with Gasteiger partial charge < -0.3 is 19.1 Å². The topological polar surface area (TPSA) is 68.4 Å². The number of aromatic nitrogens is 4. The maximum Gasteiger partial charge on any atom is 0.320 e. The lowest BCUT2D eigenvalue weighted by atomic mass is 10.1. The molecule has 0 aliphatic carbocycles. The molecule has 8 heteroatoms. The van der Waals surface area contributed by atoms with Gasteiger partial charge in [0.2, 0.25) is 0 Å². The lowest BCUT2D eigenvalue weighted by molar-refractivity contribution is 0.0411. The van der Waals surface area contributed by atoms with E-state index in [1.807, 2.05) is 39.1 Å². The third kappa shape index (κ3) is 3.14. The fourth-order valence-electron chi connectivity index (χ4n) is 3.43. The van der Waals surface area contributed by atoms with E-state index in [-0.39, 0.29) is 6.03 Å². The third-order valence-corrected chi connectivity index (χ3v) is 4.62. The predicted octanol–water partition coefficient (Wildman–Crippen LogP) is 0.664. The Morgan fingerprint density at radius 2 is 2.04 bits per heavy atom. The Hall–Kier alpha value is -2.35. The van der Waals surface area contributed by atoms with Gasteiger partial charge in [-0.05, 0) is 6.07 Å². The molecule has 1 fully saturated rings. The molecule has 24 heavy (non-hydrogen) atoms. The number of fused-ring (bicyclic) bond motifs is 1. The first kappa shape index (κ1) is 15.2. The van der Waals surface area contributed by atoms with Crippen LogP contribution in [-0.2, 0) is 24.4 Å². The average molecular weight is 330 g/mol. The van der Waals surface area contributed by atoms with Crippen molar-refractivity contribution in [2.45, 2.75) is 19.6 Å². The SMILES string of the molecule is O=C(N1CCOCC1)N1Cc2nccn2C[C@H](Cn2cccn2)C1. The van der Waals surface area contributed by atoms with Gasteiger partial charge in [0.15, 0.2) is 0 Å². The van der Waals surface area contributed by atoms with E-state index < -0.39 is 0 Å². The summed E-state index contributed by atoms with van der Waals surface area (Å²) in [4.78, 5) is 21.2. The van der Waals surface area contributed by atoms with Gasteiger partial charge in [-0.2, -0.15) is 5.10 Å². The molecule has 8 nitrogen and oxygen atoms in total. The molecule has 1 atom stereocenters. The summed E-state index contributed by atoms with van der Waals surface area (Å²) in [6.07, 6.45) is 7.56. The highest BCUT2D eigenvalue weighted by atomic mass is 16.5. The van der Waals surface area contributed by atoms with Crippen molar-refractivity contribution in [3.63, 3.8) is 0 Å². The zero-order valence-corrected chi connectivity index (χ0v) is 13.6.